The number of carbonyl (C=O) groups is 6. The summed E-state index contributed by atoms with van der Waals surface area (Å²) in [6.07, 6.45) is 10.1. The highest BCUT2D eigenvalue weighted by molar-refractivity contribution is 5.93. The standard InChI is InChI=1S/C66H57N19O12/c1-7-95-64(89)43-16-10-40(11-17-43)58-37-83(76-70-58)55-25-46(61(86)92-4)22-52(28-55)80-34-49(67-73-80)31-79(32-50-35-81(74-68-50)53-23-47(62(87)93-5)26-56(29-53)84-38-59(71-77-84)41-12-18-44(19-13-41)65(90)96-8-2)33-51-36-82(75-69-51)54-24-48(63(88)94-6)27-57(30-54)85-39-60(72-78-85)42-14-20-45(21-15-42)66(91)97-9-3/h10-30,34-39H,7-9,31-33H2,1-6H3. The number of benzene rings is 6. The van der Waals surface area contributed by atoms with E-state index in [1.54, 1.807) is 185 Å². The molecule has 0 saturated heterocycles. The molecule has 0 aliphatic rings. The summed E-state index contributed by atoms with van der Waals surface area (Å²) in [7, 11) is 3.82. The number of aromatic nitrogens is 18. The lowest BCUT2D eigenvalue weighted by atomic mass is 10.1. The maximum atomic E-state index is 13.2. The quantitative estimate of drug-likeness (QED) is 0.0424. The predicted molar refractivity (Wildman–Crippen MR) is 340 cm³/mol. The summed E-state index contributed by atoms with van der Waals surface area (Å²) in [5.41, 5.74) is 9.16. The van der Waals surface area contributed by atoms with Crippen LogP contribution in [0.2, 0.25) is 0 Å². The Hall–Kier alpha value is -13.1. The first-order valence-corrected chi connectivity index (χ1v) is 29.9. The fraction of sp³-hybridized carbons (Fsp3) is 0.182. The SMILES string of the molecule is CCOC(=O)c1ccc(-c2cn(-c3cc(C(=O)OC)cc(-n4cc(CN(Cc5cn(-c6cc(C(=O)OC)cc(-n7cc(-c8ccc(C(=O)OCC)cc8)nn7)c6)nn5)Cc5cn(-c6cc(C(=O)OC)cc(-n7cc(-c8ccc(C(=O)OCC)cc8)nn7)c6)nn5)nn4)c3)nn2)cc1. The van der Waals surface area contributed by atoms with Crippen LogP contribution in [0.25, 0.3) is 67.9 Å². The van der Waals surface area contributed by atoms with Gasteiger partial charge < -0.3 is 28.4 Å². The van der Waals surface area contributed by atoms with E-state index in [2.05, 4.69) is 61.9 Å². The number of rotatable bonds is 24. The highest BCUT2D eigenvalue weighted by Gasteiger charge is 2.22. The average molecular weight is 1310 g/mol. The van der Waals surface area contributed by atoms with Crippen LogP contribution in [-0.4, -0.2) is 172 Å². The first-order valence-electron chi connectivity index (χ1n) is 29.9. The third-order valence-electron chi connectivity index (χ3n) is 14.9. The first kappa shape index (κ1) is 64.1. The van der Waals surface area contributed by atoms with E-state index in [9.17, 15) is 28.8 Å². The van der Waals surface area contributed by atoms with Crippen LogP contribution in [-0.2, 0) is 48.1 Å². The molecular weight excluding hydrogens is 1250 g/mol. The van der Waals surface area contributed by atoms with Gasteiger partial charge in [-0.15, -0.1) is 30.6 Å². The molecule has 0 saturated carbocycles. The van der Waals surface area contributed by atoms with E-state index in [0.717, 1.165) is 0 Å². The number of esters is 6. The second-order valence-corrected chi connectivity index (χ2v) is 21.3. The average Bonchev–Trinajstić information content (AvgIpc) is 1.75. The number of hydrogen-bond donors (Lipinski definition) is 0. The van der Waals surface area contributed by atoms with Crippen molar-refractivity contribution in [3.8, 4) is 67.9 Å². The van der Waals surface area contributed by atoms with Gasteiger partial charge in [-0.05, 0) is 112 Å². The Kier molecular flexibility index (Phi) is 18.8. The Bertz CT molecular complexity index is 4410. The molecule has 0 aliphatic carbocycles. The van der Waals surface area contributed by atoms with Crippen LogP contribution in [0.3, 0.4) is 0 Å². The van der Waals surface area contributed by atoms with Crippen molar-refractivity contribution < 1.29 is 57.2 Å². The number of hydrogen-bond acceptors (Lipinski definition) is 25. The van der Waals surface area contributed by atoms with Gasteiger partial charge in [0.15, 0.2) is 0 Å². The minimum atomic E-state index is -0.626. The maximum absolute atomic E-state index is 13.2. The largest absolute Gasteiger partial charge is 0.465 e. The molecule has 6 heterocycles. The van der Waals surface area contributed by atoms with E-state index in [-0.39, 0.29) is 56.1 Å². The highest BCUT2D eigenvalue weighted by Crippen LogP contribution is 2.27. The molecule has 97 heavy (non-hydrogen) atoms. The van der Waals surface area contributed by atoms with Gasteiger partial charge in [-0.25, -0.2) is 56.9 Å². The van der Waals surface area contributed by atoms with Crippen molar-refractivity contribution in [1.82, 2.24) is 94.9 Å². The summed E-state index contributed by atoms with van der Waals surface area (Å²) in [5, 5.41) is 53.4. The van der Waals surface area contributed by atoms with Gasteiger partial charge in [-0.2, -0.15) is 0 Å². The third kappa shape index (κ3) is 14.4. The Balaban J connectivity index is 0.853. The van der Waals surface area contributed by atoms with E-state index < -0.39 is 35.8 Å². The second-order valence-electron chi connectivity index (χ2n) is 21.3. The zero-order valence-corrected chi connectivity index (χ0v) is 52.7. The molecule has 0 amide bonds. The molecule has 6 aromatic heterocycles. The van der Waals surface area contributed by atoms with Gasteiger partial charge in [0.1, 0.15) is 17.1 Å². The molecule has 0 aliphatic heterocycles. The molecule has 488 valence electrons. The Morgan fingerprint density at radius 2 is 0.546 bits per heavy atom. The van der Waals surface area contributed by atoms with Gasteiger partial charge in [0.05, 0.1) is 163 Å². The Labute approximate surface area is 550 Å². The van der Waals surface area contributed by atoms with Crippen molar-refractivity contribution in [3.05, 3.63) is 215 Å². The molecule has 31 nitrogen and oxygen atoms in total. The van der Waals surface area contributed by atoms with Gasteiger partial charge in [-0.1, -0.05) is 67.7 Å². The van der Waals surface area contributed by atoms with E-state index in [1.807, 2.05) is 4.90 Å². The summed E-state index contributed by atoms with van der Waals surface area (Å²) in [5.74, 6) is -3.22. The predicted octanol–water partition coefficient (Wildman–Crippen LogP) is 7.26. The number of methoxy groups -OCH3 is 3. The zero-order chi connectivity index (χ0) is 67.7. The molecule has 12 aromatic rings. The van der Waals surface area contributed by atoms with Gasteiger partial charge in [-0.3, -0.25) is 4.90 Å². The minimum Gasteiger partial charge on any atom is -0.465 e. The van der Waals surface area contributed by atoms with E-state index >= 15 is 0 Å². The molecule has 0 spiro atoms. The third-order valence-corrected chi connectivity index (χ3v) is 14.9. The van der Waals surface area contributed by atoms with Crippen molar-refractivity contribution in [2.24, 2.45) is 0 Å². The van der Waals surface area contributed by atoms with E-state index in [1.165, 1.54) is 49.4 Å². The van der Waals surface area contributed by atoms with E-state index in [4.69, 9.17) is 28.4 Å². The van der Waals surface area contributed by atoms with Gasteiger partial charge in [0, 0.05) is 36.3 Å². The molecular formula is C66H57N19O12. The second kappa shape index (κ2) is 28.4. The molecule has 31 heteroatoms. The summed E-state index contributed by atoms with van der Waals surface area (Å²) in [4.78, 5) is 78.6. The summed E-state index contributed by atoms with van der Waals surface area (Å²) in [6.45, 7) is 6.27. The van der Waals surface area contributed by atoms with E-state index in [0.29, 0.717) is 102 Å². The molecule has 0 radical (unpaired) electrons. The zero-order valence-electron chi connectivity index (χ0n) is 52.7. The van der Waals surface area contributed by atoms with Crippen LogP contribution >= 0.6 is 0 Å². The molecule has 0 unspecified atom stereocenters. The van der Waals surface area contributed by atoms with Crippen LogP contribution < -0.4 is 0 Å². The van der Waals surface area contributed by atoms with Crippen molar-refractivity contribution >= 4 is 35.8 Å². The fourth-order valence-electron chi connectivity index (χ4n) is 10.2. The minimum absolute atomic E-state index is 0.120. The van der Waals surface area contributed by atoms with Crippen LogP contribution in [0.1, 0.15) is 100 Å². The molecule has 0 N–H and O–H groups in total. The van der Waals surface area contributed by atoms with Gasteiger partial charge in [0.2, 0.25) is 0 Å². The fourth-order valence-corrected chi connectivity index (χ4v) is 10.2. The summed E-state index contributed by atoms with van der Waals surface area (Å²) < 4.78 is 39.8. The van der Waals surface area contributed by atoms with Gasteiger partial charge >= 0.3 is 35.8 Å². The lowest BCUT2D eigenvalue weighted by molar-refractivity contribution is 0.0517. The maximum Gasteiger partial charge on any atom is 0.338 e. The van der Waals surface area contributed by atoms with Gasteiger partial charge in [0.25, 0.3) is 0 Å². The topological polar surface area (TPSA) is 345 Å². The lowest BCUT2D eigenvalue weighted by Crippen LogP contribution is -2.23. The Morgan fingerprint density at radius 3 is 0.784 bits per heavy atom. The lowest BCUT2D eigenvalue weighted by Gasteiger charge is -2.18. The van der Waals surface area contributed by atoms with Crippen molar-refractivity contribution in [2.45, 2.75) is 40.4 Å². The highest BCUT2D eigenvalue weighted by atomic mass is 16.5. The first-order chi connectivity index (χ1) is 47.2. The van der Waals surface area contributed by atoms with Crippen molar-refractivity contribution in [1.29, 1.82) is 0 Å². The number of carbonyl (C=O) groups excluding carboxylic acids is 6. The molecule has 0 bridgehead atoms. The normalized spacial score (nSPS) is 11.2. The van der Waals surface area contributed by atoms with Crippen LogP contribution in [0.15, 0.2) is 165 Å². The van der Waals surface area contributed by atoms with Crippen molar-refractivity contribution in [2.75, 3.05) is 41.2 Å². The smallest absolute Gasteiger partial charge is 0.338 e. The van der Waals surface area contributed by atoms with Crippen LogP contribution in [0.4, 0.5) is 0 Å². The molecule has 12 rings (SSSR count). The summed E-state index contributed by atoms with van der Waals surface area (Å²) in [6, 6.07) is 35.0. The molecule has 0 fully saturated rings. The number of ether oxygens (including phenoxy) is 6. The monoisotopic (exact) mass is 1310 g/mol. The summed E-state index contributed by atoms with van der Waals surface area (Å²) >= 11 is 0. The van der Waals surface area contributed by atoms with Crippen molar-refractivity contribution in [3.63, 3.8) is 0 Å². The molecule has 0 atom stereocenters. The Morgan fingerprint density at radius 1 is 0.309 bits per heavy atom. The van der Waals surface area contributed by atoms with Crippen LogP contribution in [0, 0.1) is 0 Å². The molecule has 6 aromatic carbocycles. The van der Waals surface area contributed by atoms with Crippen LogP contribution in [0.5, 0.6) is 0 Å². The number of nitrogens with zero attached hydrogens (tertiary/aromatic N) is 19.